The molecule has 5 rings (SSSR count). The predicted molar refractivity (Wildman–Crippen MR) is 119 cm³/mol. The Hall–Kier alpha value is -3.74. The van der Waals surface area contributed by atoms with Crippen LogP contribution in [-0.2, 0) is 14.3 Å². The van der Waals surface area contributed by atoms with Crippen LogP contribution in [-0.4, -0.2) is 37.3 Å². The van der Waals surface area contributed by atoms with Gasteiger partial charge >= 0.3 is 5.97 Å². The molecule has 0 spiro atoms. The van der Waals surface area contributed by atoms with Crippen molar-refractivity contribution in [2.45, 2.75) is 13.3 Å². The first-order valence-corrected chi connectivity index (χ1v) is 10.9. The fraction of sp³-hybridized carbons (Fsp3) is 0.308. The predicted octanol–water partition coefficient (Wildman–Crippen LogP) is 3.44. The van der Waals surface area contributed by atoms with Gasteiger partial charge in [-0.05, 0) is 55.5 Å². The number of rotatable bonds is 6. The molecule has 2 aromatic carbocycles. The molecule has 1 saturated heterocycles. The van der Waals surface area contributed by atoms with E-state index >= 15 is 0 Å². The zero-order valence-electron chi connectivity index (χ0n) is 18.3. The van der Waals surface area contributed by atoms with E-state index in [-0.39, 0.29) is 46.8 Å². The first kappa shape index (κ1) is 21.1. The summed E-state index contributed by atoms with van der Waals surface area (Å²) in [6, 6.07) is 12.8. The Bertz CT molecular complexity index is 1210. The zero-order valence-corrected chi connectivity index (χ0v) is 18.3. The number of nitrogens with zero attached hydrogens (tertiary/aromatic N) is 1. The van der Waals surface area contributed by atoms with Gasteiger partial charge in [0.25, 0.3) is 0 Å². The van der Waals surface area contributed by atoms with Crippen molar-refractivity contribution >= 4 is 29.3 Å². The summed E-state index contributed by atoms with van der Waals surface area (Å²) in [5.74, 6) is -1.35. The molecule has 4 atom stereocenters. The number of ketones is 1. The van der Waals surface area contributed by atoms with Crippen LogP contribution in [0.25, 0.3) is 0 Å². The van der Waals surface area contributed by atoms with Crippen molar-refractivity contribution in [1.29, 1.82) is 0 Å². The summed E-state index contributed by atoms with van der Waals surface area (Å²) >= 11 is 0. The summed E-state index contributed by atoms with van der Waals surface area (Å²) in [5.41, 5.74) is 2.07. The minimum Gasteiger partial charge on any atom is -0.497 e. The second-order valence-electron chi connectivity index (χ2n) is 8.76. The highest BCUT2D eigenvalue weighted by atomic mass is 16.5. The van der Waals surface area contributed by atoms with E-state index in [1.807, 2.05) is 6.92 Å². The lowest BCUT2D eigenvalue weighted by Gasteiger charge is -2.19. The Morgan fingerprint density at radius 3 is 2.52 bits per heavy atom. The van der Waals surface area contributed by atoms with Crippen molar-refractivity contribution in [2.75, 3.05) is 18.6 Å². The van der Waals surface area contributed by atoms with Crippen LogP contribution in [0.3, 0.4) is 0 Å². The van der Waals surface area contributed by atoms with Crippen LogP contribution in [0.2, 0.25) is 0 Å². The monoisotopic (exact) mass is 445 g/mol. The maximum atomic E-state index is 13.1. The lowest BCUT2D eigenvalue weighted by molar-refractivity contribution is -0.123. The average Bonchev–Trinajstić information content (AvgIpc) is 3.47. The van der Waals surface area contributed by atoms with E-state index < -0.39 is 12.6 Å². The quantitative estimate of drug-likeness (QED) is 0.293. The number of anilines is 1. The summed E-state index contributed by atoms with van der Waals surface area (Å²) in [7, 11) is 1.50. The number of Topliss-reactive ketones (excluding diaryl/α,β-unsaturated/α-hetero) is 1. The molecule has 33 heavy (non-hydrogen) atoms. The van der Waals surface area contributed by atoms with Crippen LogP contribution in [0.1, 0.15) is 34.1 Å². The van der Waals surface area contributed by atoms with Gasteiger partial charge in [-0.2, -0.15) is 0 Å². The molecule has 0 N–H and O–H groups in total. The maximum absolute atomic E-state index is 13.1. The standard InChI is InChI=1S/C26H23NO6/c1-14-9-17-12-20(14)23-22(17)24(29)27(25(23)30)18-7-3-6-16(10-18)26(31)33-13-21(28)15-5-4-8-19(11-15)32-2/h3-11,17,20,22-23H,12-13H2,1-2H3/t17-,20+,22-,23+/m0/s1. The number of allylic oxidation sites excluding steroid dienone is 2. The SMILES string of the molecule is COc1cccc(C(=O)COC(=O)c2cccc(N3C(=O)[C@@H]4[C@H](C3=O)[C@@H]3C[C@@H]4C=C3C)c2)c1. The van der Waals surface area contributed by atoms with E-state index in [0.29, 0.717) is 17.0 Å². The third-order valence-corrected chi connectivity index (χ3v) is 6.95. The van der Waals surface area contributed by atoms with Gasteiger partial charge in [-0.3, -0.25) is 14.4 Å². The number of fused-ring (bicyclic) bond motifs is 5. The van der Waals surface area contributed by atoms with E-state index in [4.69, 9.17) is 9.47 Å². The second-order valence-corrected chi connectivity index (χ2v) is 8.76. The molecular weight excluding hydrogens is 422 g/mol. The summed E-state index contributed by atoms with van der Waals surface area (Å²) in [4.78, 5) is 52.4. The molecule has 7 heteroatoms. The lowest BCUT2D eigenvalue weighted by Crippen LogP contribution is -2.33. The van der Waals surface area contributed by atoms with Gasteiger partial charge in [-0.25, -0.2) is 9.69 Å². The molecule has 7 nitrogen and oxygen atoms in total. The number of carbonyl (C=O) groups excluding carboxylic acids is 4. The van der Waals surface area contributed by atoms with Crippen LogP contribution in [0.15, 0.2) is 60.2 Å². The molecule has 0 radical (unpaired) electrons. The van der Waals surface area contributed by atoms with Crippen molar-refractivity contribution in [2.24, 2.45) is 23.7 Å². The van der Waals surface area contributed by atoms with Crippen LogP contribution in [0.5, 0.6) is 5.75 Å². The number of carbonyl (C=O) groups is 4. The Morgan fingerprint density at radius 1 is 1.00 bits per heavy atom. The first-order chi connectivity index (χ1) is 15.9. The van der Waals surface area contributed by atoms with Gasteiger partial charge in [0, 0.05) is 5.56 Å². The highest BCUT2D eigenvalue weighted by molar-refractivity contribution is 6.23. The van der Waals surface area contributed by atoms with Gasteiger partial charge < -0.3 is 9.47 Å². The average molecular weight is 445 g/mol. The van der Waals surface area contributed by atoms with E-state index in [9.17, 15) is 19.2 Å². The van der Waals surface area contributed by atoms with Crippen molar-refractivity contribution in [3.63, 3.8) is 0 Å². The minimum atomic E-state index is -0.704. The molecule has 2 bridgehead atoms. The molecular formula is C26H23NO6. The summed E-state index contributed by atoms with van der Waals surface area (Å²) in [5, 5.41) is 0. The topological polar surface area (TPSA) is 90.0 Å². The van der Waals surface area contributed by atoms with Crippen LogP contribution in [0, 0.1) is 23.7 Å². The lowest BCUT2D eigenvalue weighted by atomic mass is 9.82. The maximum Gasteiger partial charge on any atom is 0.338 e. The van der Waals surface area contributed by atoms with Crippen molar-refractivity contribution < 1.29 is 28.7 Å². The van der Waals surface area contributed by atoms with Crippen LogP contribution in [0.4, 0.5) is 5.69 Å². The number of methoxy groups -OCH3 is 1. The first-order valence-electron chi connectivity index (χ1n) is 10.9. The fourth-order valence-electron chi connectivity index (χ4n) is 5.40. The van der Waals surface area contributed by atoms with Gasteiger partial charge in [-0.1, -0.05) is 29.8 Å². The number of esters is 1. The summed E-state index contributed by atoms with van der Waals surface area (Å²) < 4.78 is 10.3. The van der Waals surface area contributed by atoms with E-state index in [2.05, 4.69) is 6.08 Å². The molecule has 3 aliphatic rings. The highest BCUT2D eigenvalue weighted by Crippen LogP contribution is 2.55. The molecule has 1 saturated carbocycles. The summed E-state index contributed by atoms with van der Waals surface area (Å²) in [6.45, 7) is 1.58. The van der Waals surface area contributed by atoms with Crippen molar-refractivity contribution in [3.8, 4) is 5.75 Å². The number of amides is 2. The normalized spacial score (nSPS) is 25.2. The third-order valence-electron chi connectivity index (χ3n) is 6.95. The fourth-order valence-corrected chi connectivity index (χ4v) is 5.40. The number of hydrogen-bond acceptors (Lipinski definition) is 6. The Labute approximate surface area is 191 Å². The third kappa shape index (κ3) is 3.44. The van der Waals surface area contributed by atoms with E-state index in [0.717, 1.165) is 6.42 Å². The number of imide groups is 1. The molecule has 1 aliphatic heterocycles. The van der Waals surface area contributed by atoms with Gasteiger partial charge in [0.05, 0.1) is 30.2 Å². The second kappa shape index (κ2) is 7.99. The molecule has 0 aromatic heterocycles. The van der Waals surface area contributed by atoms with E-state index in [1.54, 1.807) is 36.4 Å². The molecule has 2 fully saturated rings. The Kier molecular flexibility index (Phi) is 5.12. The molecule has 1 heterocycles. The number of benzene rings is 2. The van der Waals surface area contributed by atoms with Gasteiger partial charge in [0.1, 0.15) is 5.75 Å². The van der Waals surface area contributed by atoms with Crippen LogP contribution < -0.4 is 9.64 Å². The molecule has 2 amide bonds. The Morgan fingerprint density at radius 2 is 1.73 bits per heavy atom. The Balaban J connectivity index is 1.30. The van der Waals surface area contributed by atoms with E-state index in [1.165, 1.54) is 29.7 Å². The van der Waals surface area contributed by atoms with Crippen molar-refractivity contribution in [3.05, 3.63) is 71.3 Å². The smallest absolute Gasteiger partial charge is 0.338 e. The van der Waals surface area contributed by atoms with Gasteiger partial charge in [0.2, 0.25) is 11.8 Å². The molecule has 2 aromatic rings. The van der Waals surface area contributed by atoms with Gasteiger partial charge in [-0.15, -0.1) is 0 Å². The zero-order chi connectivity index (χ0) is 23.3. The largest absolute Gasteiger partial charge is 0.497 e. The minimum absolute atomic E-state index is 0.109. The van der Waals surface area contributed by atoms with Crippen molar-refractivity contribution in [1.82, 2.24) is 0 Å². The van der Waals surface area contributed by atoms with Gasteiger partial charge in [0.15, 0.2) is 12.4 Å². The van der Waals surface area contributed by atoms with Crippen LogP contribution >= 0.6 is 0 Å². The highest BCUT2D eigenvalue weighted by Gasteiger charge is 2.60. The number of hydrogen-bond donors (Lipinski definition) is 0. The number of ether oxygens (including phenoxy) is 2. The molecule has 0 unspecified atom stereocenters. The molecule has 2 aliphatic carbocycles. The molecule has 168 valence electrons. The summed E-state index contributed by atoms with van der Waals surface area (Å²) in [6.07, 6.45) is 2.98.